The lowest BCUT2D eigenvalue weighted by atomic mass is 10.1. The van der Waals surface area contributed by atoms with Crippen molar-refractivity contribution in [3.8, 4) is 17.4 Å². The van der Waals surface area contributed by atoms with E-state index < -0.39 is 41.9 Å². The van der Waals surface area contributed by atoms with Crippen molar-refractivity contribution in [1.82, 2.24) is 14.9 Å². The molecule has 38 heavy (non-hydrogen) atoms. The highest BCUT2D eigenvalue weighted by molar-refractivity contribution is 5.78. The molecule has 0 unspecified atom stereocenters. The minimum absolute atomic E-state index is 0.0505. The number of fused-ring (bicyclic) bond motifs is 1. The predicted molar refractivity (Wildman–Crippen MR) is 124 cm³/mol. The molecule has 0 atom stereocenters. The van der Waals surface area contributed by atoms with Crippen LogP contribution >= 0.6 is 0 Å². The van der Waals surface area contributed by atoms with Crippen molar-refractivity contribution in [2.45, 2.75) is 26.1 Å². The number of nitrogens with zero attached hydrogens (tertiary/aromatic N) is 3. The average Bonchev–Trinajstić information content (AvgIpc) is 3.31. The summed E-state index contributed by atoms with van der Waals surface area (Å²) in [6.07, 6.45) is -4.95. The number of hydrogen-bond donors (Lipinski definition) is 4. The Morgan fingerprint density at radius 2 is 1.95 bits per heavy atom. The molecule has 0 radical (unpaired) electrons. The second kappa shape index (κ2) is 12.0. The maximum atomic E-state index is 13.0. The Labute approximate surface area is 212 Å². The molecule has 2 heterocycles. The number of aromatic nitrogens is 2. The van der Waals surface area contributed by atoms with Crippen molar-refractivity contribution < 1.29 is 41.8 Å². The van der Waals surface area contributed by atoms with Gasteiger partial charge in [-0.1, -0.05) is 6.07 Å². The molecule has 0 fully saturated rings. The minimum Gasteiger partial charge on any atom is -0.454 e. The van der Waals surface area contributed by atoms with E-state index in [9.17, 15) is 27.6 Å². The van der Waals surface area contributed by atoms with E-state index in [4.69, 9.17) is 25.8 Å². The molecule has 3 rings (SSSR count). The molecule has 1 aliphatic heterocycles. The molecule has 1 aliphatic rings. The van der Waals surface area contributed by atoms with E-state index in [2.05, 4.69) is 25.5 Å². The number of carbonyl (C=O) groups is 2. The first-order valence-electron chi connectivity index (χ1n) is 11.0. The van der Waals surface area contributed by atoms with Gasteiger partial charge in [0, 0.05) is 6.54 Å². The molecule has 2 aromatic rings. The van der Waals surface area contributed by atoms with Crippen molar-refractivity contribution in [2.24, 2.45) is 16.6 Å². The zero-order valence-corrected chi connectivity index (χ0v) is 20.0. The lowest BCUT2D eigenvalue weighted by Crippen LogP contribution is -2.37. The minimum atomic E-state index is -5.31. The topological polar surface area (TPSA) is 194 Å². The summed E-state index contributed by atoms with van der Waals surface area (Å²) in [5, 5.41) is 8.40. The van der Waals surface area contributed by atoms with Crippen LogP contribution in [0.3, 0.4) is 0 Å². The highest BCUT2D eigenvalue weighted by Gasteiger charge is 2.42. The highest BCUT2D eigenvalue weighted by Crippen LogP contribution is 2.32. The van der Waals surface area contributed by atoms with Crippen LogP contribution in [0.2, 0.25) is 0 Å². The third kappa shape index (κ3) is 7.40. The monoisotopic (exact) mass is 543 g/mol. The number of esters is 1. The third-order valence-corrected chi connectivity index (χ3v) is 4.93. The maximum Gasteiger partial charge on any atom is 0.491 e. The number of nitrogens with two attached hydrogens (primary N) is 2. The van der Waals surface area contributed by atoms with Gasteiger partial charge in [-0.05, 0) is 36.2 Å². The normalized spacial score (nSPS) is 12.0. The number of alkyl halides is 3. The summed E-state index contributed by atoms with van der Waals surface area (Å²) in [6, 6.07) is 5.22. The van der Waals surface area contributed by atoms with Crippen LogP contribution in [0.1, 0.15) is 11.3 Å². The van der Waals surface area contributed by atoms with Crippen LogP contribution in [-0.2, 0) is 27.4 Å². The van der Waals surface area contributed by atoms with Crippen LogP contribution in [0, 0.1) is 6.92 Å². The first-order chi connectivity index (χ1) is 18.0. The van der Waals surface area contributed by atoms with E-state index in [1.54, 1.807) is 18.2 Å². The van der Waals surface area contributed by atoms with Crippen molar-refractivity contribution >= 4 is 23.7 Å². The standard InChI is InChI=1S/C21H24F3N7O7/c1-11-17(38-19(34)21(22,23)24)29-16(28-5-4-12-2-3-13-14(8-12)36-10-35-13)18(33)31(11)9-15(32)27-6-7-37-30-20(25)26/h2-3,8H,4-7,9-10H2,1H3,(H,27,32)(H,28,29)(H4,25,26,30). The molecule has 0 saturated carbocycles. The van der Waals surface area contributed by atoms with Gasteiger partial charge in [0.05, 0.1) is 12.2 Å². The van der Waals surface area contributed by atoms with Gasteiger partial charge in [-0.2, -0.15) is 18.2 Å². The smallest absolute Gasteiger partial charge is 0.454 e. The van der Waals surface area contributed by atoms with E-state index in [0.717, 1.165) is 10.1 Å². The molecule has 0 saturated heterocycles. The first-order valence-corrected chi connectivity index (χ1v) is 11.0. The number of benzene rings is 1. The van der Waals surface area contributed by atoms with Gasteiger partial charge in [-0.15, -0.1) is 0 Å². The second-order valence-electron chi connectivity index (χ2n) is 7.69. The number of amides is 1. The SMILES string of the molecule is Cc1c(OC(=O)C(F)(F)F)nc(NCCc2ccc3c(c2)OCO3)c(=O)n1CC(=O)NCCON=C(N)N. The summed E-state index contributed by atoms with van der Waals surface area (Å²) in [5.74, 6) is -3.64. The molecular formula is C21H24F3N7O7. The third-order valence-electron chi connectivity index (χ3n) is 4.93. The van der Waals surface area contributed by atoms with Crippen molar-refractivity contribution in [2.75, 3.05) is 31.8 Å². The molecule has 206 valence electrons. The lowest BCUT2D eigenvalue weighted by molar-refractivity contribution is -0.190. The first kappa shape index (κ1) is 27.9. The zero-order valence-electron chi connectivity index (χ0n) is 20.0. The van der Waals surface area contributed by atoms with E-state index in [1.807, 2.05) is 0 Å². The van der Waals surface area contributed by atoms with E-state index in [1.165, 1.54) is 6.92 Å². The van der Waals surface area contributed by atoms with Gasteiger partial charge in [0.15, 0.2) is 17.3 Å². The van der Waals surface area contributed by atoms with Gasteiger partial charge in [-0.3, -0.25) is 14.2 Å². The van der Waals surface area contributed by atoms with E-state index >= 15 is 0 Å². The molecule has 6 N–H and O–H groups in total. The Hall–Kier alpha value is -4.70. The van der Waals surface area contributed by atoms with Crippen LogP contribution in [-0.4, -0.2) is 60.1 Å². The fourth-order valence-electron chi connectivity index (χ4n) is 3.15. The zero-order chi connectivity index (χ0) is 27.9. The van der Waals surface area contributed by atoms with Gasteiger partial charge >= 0.3 is 12.1 Å². The Bertz CT molecular complexity index is 1280. The van der Waals surface area contributed by atoms with E-state index in [0.29, 0.717) is 17.9 Å². The quantitative estimate of drug-likeness (QED) is 0.0957. The summed E-state index contributed by atoms with van der Waals surface area (Å²) in [6.45, 7) is 0.619. The summed E-state index contributed by atoms with van der Waals surface area (Å²) in [7, 11) is 0. The summed E-state index contributed by atoms with van der Waals surface area (Å²) < 4.78 is 54.1. The molecule has 0 spiro atoms. The fraction of sp³-hybridized carbons (Fsp3) is 0.381. The molecule has 0 bridgehead atoms. The average molecular weight is 543 g/mol. The molecule has 1 aromatic heterocycles. The van der Waals surface area contributed by atoms with Crippen molar-refractivity contribution in [1.29, 1.82) is 0 Å². The number of halogens is 3. The summed E-state index contributed by atoms with van der Waals surface area (Å²) in [4.78, 5) is 45.2. The Morgan fingerprint density at radius 3 is 2.66 bits per heavy atom. The number of guanidine groups is 1. The van der Waals surface area contributed by atoms with Gasteiger partial charge in [0.2, 0.25) is 24.5 Å². The van der Waals surface area contributed by atoms with E-state index in [-0.39, 0.29) is 38.1 Å². The van der Waals surface area contributed by atoms with Crippen molar-refractivity contribution in [3.63, 3.8) is 0 Å². The molecule has 0 aliphatic carbocycles. The molecule has 14 nitrogen and oxygen atoms in total. The number of hydrogen-bond acceptors (Lipinski definition) is 10. The van der Waals surface area contributed by atoms with Crippen molar-refractivity contribution in [3.05, 3.63) is 39.8 Å². The number of rotatable bonds is 11. The Balaban J connectivity index is 1.76. The highest BCUT2D eigenvalue weighted by atomic mass is 19.4. The number of oxime groups is 1. The van der Waals surface area contributed by atoms with Gasteiger partial charge < -0.3 is 41.1 Å². The predicted octanol–water partition coefficient (Wildman–Crippen LogP) is -0.276. The summed E-state index contributed by atoms with van der Waals surface area (Å²) >= 11 is 0. The van der Waals surface area contributed by atoms with Gasteiger partial charge in [0.25, 0.3) is 5.56 Å². The van der Waals surface area contributed by atoms with Crippen LogP contribution in [0.25, 0.3) is 0 Å². The Morgan fingerprint density at radius 1 is 1.21 bits per heavy atom. The lowest BCUT2D eigenvalue weighted by Gasteiger charge is -2.16. The molecule has 1 amide bonds. The van der Waals surface area contributed by atoms with Gasteiger partial charge in [-0.25, -0.2) is 4.79 Å². The Kier molecular flexibility index (Phi) is 8.82. The van der Waals surface area contributed by atoms with Crippen LogP contribution in [0.15, 0.2) is 28.1 Å². The molecular weight excluding hydrogens is 519 g/mol. The van der Waals surface area contributed by atoms with Crippen LogP contribution in [0.5, 0.6) is 17.4 Å². The second-order valence-corrected chi connectivity index (χ2v) is 7.69. The van der Waals surface area contributed by atoms with Crippen LogP contribution in [0.4, 0.5) is 19.0 Å². The fourth-order valence-corrected chi connectivity index (χ4v) is 3.15. The van der Waals surface area contributed by atoms with Crippen LogP contribution < -0.4 is 41.9 Å². The summed E-state index contributed by atoms with van der Waals surface area (Å²) in [5.41, 5.74) is 9.90. The molecule has 17 heteroatoms. The maximum absolute atomic E-state index is 13.0. The van der Waals surface area contributed by atoms with Gasteiger partial charge in [0.1, 0.15) is 13.2 Å². The number of ether oxygens (including phenoxy) is 3. The number of anilines is 1. The largest absolute Gasteiger partial charge is 0.491 e. The number of carbonyl (C=O) groups excluding carboxylic acids is 2. The number of nitrogens with one attached hydrogen (secondary N) is 2. The molecule has 1 aromatic carbocycles.